The lowest BCUT2D eigenvalue weighted by Crippen LogP contribution is -1.92. The second-order valence-corrected chi connectivity index (χ2v) is 14.4. The second-order valence-electron chi connectivity index (χ2n) is 11.9. The topological polar surface area (TPSA) is 59.9 Å². The smallest absolute Gasteiger partial charge is 0.190 e. The molecule has 6 heteroatoms. The average molecular weight is 685 g/mol. The van der Waals surface area contributed by atoms with Crippen LogP contribution < -0.4 is 0 Å². The molecule has 0 unspecified atom stereocenters. The van der Waals surface area contributed by atoms with Crippen LogP contribution in [-0.2, 0) is 9.59 Å². The third-order valence-electron chi connectivity index (χ3n) is 8.31. The quantitative estimate of drug-likeness (QED) is 0.149. The van der Waals surface area contributed by atoms with Crippen molar-refractivity contribution in [3.8, 4) is 22.3 Å². The van der Waals surface area contributed by atoms with E-state index in [1.807, 2.05) is 36.4 Å². The summed E-state index contributed by atoms with van der Waals surface area (Å²) in [6.07, 6.45) is 15.8. The van der Waals surface area contributed by atoms with E-state index in [4.69, 9.17) is 0 Å². The lowest BCUT2D eigenvalue weighted by molar-refractivity contribution is -0.109. The van der Waals surface area contributed by atoms with Crippen LogP contribution in [-0.4, -0.2) is 20.2 Å². The fourth-order valence-electron chi connectivity index (χ4n) is 5.97. The fraction of sp³-hybridized carbons (Fsp3) is 0.0455. The van der Waals surface area contributed by atoms with E-state index in [2.05, 4.69) is 107 Å². The number of carbonyl (C=O) groups is 2. The van der Waals surface area contributed by atoms with E-state index in [1.54, 1.807) is 38.6 Å². The van der Waals surface area contributed by atoms with Gasteiger partial charge in [0.05, 0.1) is 0 Å². The van der Waals surface area contributed by atoms with Crippen LogP contribution in [0.15, 0.2) is 144 Å². The predicted octanol–water partition coefficient (Wildman–Crippen LogP) is 11.7. The van der Waals surface area contributed by atoms with Gasteiger partial charge >= 0.3 is 0 Å². The molecule has 0 atom stereocenters. The summed E-state index contributed by atoms with van der Waals surface area (Å²) in [6.45, 7) is 3.18. The maximum absolute atomic E-state index is 11.7. The van der Waals surface area contributed by atoms with Crippen LogP contribution in [0.25, 0.3) is 68.1 Å². The van der Waals surface area contributed by atoms with Crippen LogP contribution >= 0.6 is 23.5 Å². The van der Waals surface area contributed by atoms with E-state index in [0.717, 1.165) is 75.8 Å². The third-order valence-corrected chi connectivity index (χ3v) is 9.87. The minimum absolute atomic E-state index is 0.0715. The maximum atomic E-state index is 11.7. The number of hydrogen-bond acceptors (Lipinski definition) is 6. The van der Waals surface area contributed by atoms with Crippen molar-refractivity contribution in [1.82, 2.24) is 9.97 Å². The molecule has 0 aliphatic rings. The number of benzene rings is 5. The Morgan fingerprint density at radius 3 is 1.24 bits per heavy atom. The highest BCUT2D eigenvalue weighted by Crippen LogP contribution is 2.38. The lowest BCUT2D eigenvalue weighted by Gasteiger charge is -2.16. The van der Waals surface area contributed by atoms with Gasteiger partial charge in [-0.1, -0.05) is 84.2 Å². The van der Waals surface area contributed by atoms with Gasteiger partial charge in [-0.15, -0.1) is 0 Å². The Bertz CT molecular complexity index is 2270. The molecule has 0 fully saturated rings. The molecule has 0 spiro atoms. The van der Waals surface area contributed by atoms with Crippen molar-refractivity contribution in [2.75, 3.05) is 0 Å². The number of aromatic nitrogens is 2. The average Bonchev–Trinajstić information content (AvgIpc) is 3.13. The van der Waals surface area contributed by atoms with Gasteiger partial charge in [-0.3, -0.25) is 19.6 Å². The molecule has 242 valence electrons. The summed E-state index contributed by atoms with van der Waals surface area (Å²) in [5.41, 5.74) is 8.68. The highest BCUT2D eigenvalue weighted by molar-refractivity contribution is 8.13. The molecule has 0 aliphatic carbocycles. The van der Waals surface area contributed by atoms with Gasteiger partial charge in [0, 0.05) is 48.4 Å². The van der Waals surface area contributed by atoms with Crippen LogP contribution in [0.3, 0.4) is 0 Å². The van der Waals surface area contributed by atoms with Gasteiger partial charge in [0.2, 0.25) is 0 Å². The first-order valence-corrected chi connectivity index (χ1v) is 17.8. The normalized spacial score (nSPS) is 11.6. The van der Waals surface area contributed by atoms with Crippen molar-refractivity contribution in [2.24, 2.45) is 0 Å². The molecule has 7 rings (SSSR count). The standard InChI is InChI=1S/C44H32N2O2S2/c1-29(47)49-41-13-11-33-23-37(9-7-35(33)25-41)43-27-40(6-4-32-17-21-46-22-18-32)44(28-39(43)5-3-31-15-19-45-20-16-31)38-10-8-36-26-42(50-30(2)48)14-12-34(36)24-38/h3-28H,1-2H3/b5-3+,6-4+. The molecule has 0 N–H and O–H groups in total. The molecular weight excluding hydrogens is 653 g/mol. The molecule has 4 nitrogen and oxygen atoms in total. The van der Waals surface area contributed by atoms with Gasteiger partial charge < -0.3 is 0 Å². The first-order valence-electron chi connectivity index (χ1n) is 16.2. The second kappa shape index (κ2) is 14.9. The van der Waals surface area contributed by atoms with E-state index >= 15 is 0 Å². The van der Waals surface area contributed by atoms with Gasteiger partial charge in [-0.05, 0) is 139 Å². The minimum Gasteiger partial charge on any atom is -0.287 e. The Morgan fingerprint density at radius 1 is 0.460 bits per heavy atom. The molecule has 50 heavy (non-hydrogen) atoms. The van der Waals surface area contributed by atoms with E-state index in [9.17, 15) is 9.59 Å². The van der Waals surface area contributed by atoms with Crippen molar-refractivity contribution in [1.29, 1.82) is 0 Å². The summed E-state index contributed by atoms with van der Waals surface area (Å²) < 4.78 is 0. The first kappa shape index (κ1) is 33.0. The minimum atomic E-state index is 0.0715. The number of fused-ring (bicyclic) bond motifs is 2. The summed E-state index contributed by atoms with van der Waals surface area (Å²) in [5, 5.41) is 4.53. The van der Waals surface area contributed by atoms with Gasteiger partial charge in [0.15, 0.2) is 10.2 Å². The molecular formula is C44H32N2O2S2. The summed E-state index contributed by atoms with van der Waals surface area (Å²) in [5.74, 6) is 0. The monoisotopic (exact) mass is 684 g/mol. The van der Waals surface area contributed by atoms with E-state index in [0.29, 0.717) is 0 Å². The van der Waals surface area contributed by atoms with Crippen LogP contribution in [0, 0.1) is 0 Å². The Labute approximate surface area is 300 Å². The van der Waals surface area contributed by atoms with Crippen LogP contribution in [0.5, 0.6) is 0 Å². The molecule has 5 aromatic carbocycles. The Hall–Kier alpha value is -5.56. The van der Waals surface area contributed by atoms with E-state index in [1.165, 1.54) is 23.5 Å². The third kappa shape index (κ3) is 7.84. The zero-order chi connectivity index (χ0) is 34.5. The molecule has 2 aromatic heterocycles. The number of carbonyl (C=O) groups excluding carboxylic acids is 2. The molecule has 0 amide bonds. The molecule has 0 bridgehead atoms. The molecule has 2 heterocycles. The summed E-state index contributed by atoms with van der Waals surface area (Å²) in [6, 6.07) is 37.9. The predicted molar refractivity (Wildman–Crippen MR) is 212 cm³/mol. The van der Waals surface area contributed by atoms with Crippen LogP contribution in [0.4, 0.5) is 0 Å². The van der Waals surface area contributed by atoms with Gasteiger partial charge in [0.1, 0.15) is 0 Å². The highest BCUT2D eigenvalue weighted by Gasteiger charge is 2.13. The zero-order valence-electron chi connectivity index (χ0n) is 27.5. The summed E-state index contributed by atoms with van der Waals surface area (Å²) in [4.78, 5) is 33.7. The van der Waals surface area contributed by atoms with E-state index in [-0.39, 0.29) is 10.2 Å². The molecule has 0 saturated carbocycles. The first-order chi connectivity index (χ1) is 24.4. The molecule has 7 aromatic rings. The van der Waals surface area contributed by atoms with Crippen molar-refractivity contribution < 1.29 is 9.59 Å². The van der Waals surface area contributed by atoms with Gasteiger partial charge in [-0.2, -0.15) is 0 Å². The van der Waals surface area contributed by atoms with Gasteiger partial charge in [-0.25, -0.2) is 0 Å². The lowest BCUT2D eigenvalue weighted by atomic mass is 9.88. The molecule has 0 saturated heterocycles. The van der Waals surface area contributed by atoms with Crippen molar-refractivity contribution in [3.05, 3.63) is 156 Å². The molecule has 0 radical (unpaired) electrons. The van der Waals surface area contributed by atoms with Crippen LogP contribution in [0.2, 0.25) is 0 Å². The Morgan fingerprint density at radius 2 is 0.840 bits per heavy atom. The largest absolute Gasteiger partial charge is 0.287 e. The van der Waals surface area contributed by atoms with E-state index < -0.39 is 0 Å². The number of hydrogen-bond donors (Lipinski definition) is 0. The van der Waals surface area contributed by atoms with Crippen molar-refractivity contribution >= 4 is 79.6 Å². The number of thioether (sulfide) groups is 2. The maximum Gasteiger partial charge on any atom is 0.190 e. The highest BCUT2D eigenvalue weighted by atomic mass is 32.2. The van der Waals surface area contributed by atoms with Crippen molar-refractivity contribution in [2.45, 2.75) is 23.6 Å². The Kier molecular flexibility index (Phi) is 9.83. The fourth-order valence-corrected chi connectivity index (χ4v) is 7.28. The number of nitrogens with zero attached hydrogens (tertiary/aromatic N) is 2. The molecule has 0 aliphatic heterocycles. The summed E-state index contributed by atoms with van der Waals surface area (Å²) >= 11 is 2.50. The van der Waals surface area contributed by atoms with Crippen LogP contribution in [0.1, 0.15) is 36.1 Å². The number of pyridine rings is 2. The Balaban J connectivity index is 1.40. The van der Waals surface area contributed by atoms with Crippen molar-refractivity contribution in [3.63, 3.8) is 0 Å². The van der Waals surface area contributed by atoms with Gasteiger partial charge in [0.25, 0.3) is 0 Å². The SMILES string of the molecule is CC(=O)Sc1ccc2cc(-c3cc(/C=C/c4ccncc4)c(-c4ccc5cc(SC(C)=O)ccc5c4)cc3/C=C/c3ccncc3)ccc2c1. The number of rotatable bonds is 8. The summed E-state index contributed by atoms with van der Waals surface area (Å²) in [7, 11) is 0. The zero-order valence-corrected chi connectivity index (χ0v) is 29.2.